The molecule has 1 unspecified atom stereocenters. The molecule has 100 valence electrons. The van der Waals surface area contributed by atoms with Crippen LogP contribution in [0.5, 0.6) is 0 Å². The molecule has 0 bridgehead atoms. The van der Waals surface area contributed by atoms with E-state index in [4.69, 9.17) is 4.74 Å². The number of rotatable bonds is 7. The third-order valence-corrected chi connectivity index (χ3v) is 2.16. The maximum atomic E-state index is 11.1. The van der Waals surface area contributed by atoms with E-state index in [9.17, 15) is 9.59 Å². The molecule has 0 radical (unpaired) electrons. The van der Waals surface area contributed by atoms with E-state index in [2.05, 4.69) is 11.9 Å². The van der Waals surface area contributed by atoms with Crippen LogP contribution in [0.1, 0.15) is 20.8 Å². The monoisotopic (exact) mass is 264 g/mol. The fourth-order valence-corrected chi connectivity index (χ4v) is 1.29. The highest BCUT2D eigenvalue weighted by atomic mass is 35.5. The largest absolute Gasteiger partial charge is 0.441 e. The van der Waals surface area contributed by atoms with Gasteiger partial charge in [-0.05, 0) is 13.1 Å². The van der Waals surface area contributed by atoms with Crippen LogP contribution in [-0.4, -0.2) is 42.6 Å². The Morgan fingerprint density at radius 3 is 2.29 bits per heavy atom. The molecule has 0 fully saturated rings. The molecular formula is C11H21ClN2O3. The SMILES string of the molecule is C=CC(=O)OC(CNC(C)=O)N(CC)CC.Cl. The van der Waals surface area contributed by atoms with Gasteiger partial charge in [-0.25, -0.2) is 4.79 Å². The number of nitrogens with one attached hydrogen (secondary N) is 1. The smallest absolute Gasteiger partial charge is 0.331 e. The summed E-state index contributed by atoms with van der Waals surface area (Å²) in [6.45, 7) is 10.5. The van der Waals surface area contributed by atoms with Crippen molar-refractivity contribution in [3.8, 4) is 0 Å². The van der Waals surface area contributed by atoms with E-state index in [1.165, 1.54) is 6.92 Å². The first-order chi connectivity index (χ1) is 7.54. The van der Waals surface area contributed by atoms with E-state index in [0.717, 1.165) is 19.2 Å². The normalized spacial score (nSPS) is 11.3. The number of hydrogen-bond acceptors (Lipinski definition) is 4. The molecule has 0 aliphatic heterocycles. The predicted molar refractivity (Wildman–Crippen MR) is 68.9 cm³/mol. The number of carbonyl (C=O) groups is 2. The maximum absolute atomic E-state index is 11.1. The van der Waals surface area contributed by atoms with E-state index in [1.807, 2.05) is 18.7 Å². The second-order valence-corrected chi connectivity index (χ2v) is 3.25. The van der Waals surface area contributed by atoms with Gasteiger partial charge in [0.05, 0.1) is 6.54 Å². The standard InChI is InChI=1S/C11H20N2O3.ClH/c1-5-11(15)16-10(8-12-9(4)14)13(6-2)7-3;/h5,10H,1,6-8H2,2-4H3,(H,12,14);1H. The van der Waals surface area contributed by atoms with Crippen LogP contribution in [0.2, 0.25) is 0 Å². The quantitative estimate of drug-likeness (QED) is 0.422. The van der Waals surface area contributed by atoms with Crippen molar-refractivity contribution in [1.82, 2.24) is 10.2 Å². The van der Waals surface area contributed by atoms with Crippen LogP contribution < -0.4 is 5.32 Å². The van der Waals surface area contributed by atoms with Crippen molar-refractivity contribution in [2.24, 2.45) is 0 Å². The Balaban J connectivity index is 0. The average molecular weight is 265 g/mol. The molecule has 1 N–H and O–H groups in total. The average Bonchev–Trinajstić information content (AvgIpc) is 2.26. The van der Waals surface area contributed by atoms with Crippen LogP contribution in [0.15, 0.2) is 12.7 Å². The van der Waals surface area contributed by atoms with Crippen molar-refractivity contribution >= 4 is 24.3 Å². The molecule has 17 heavy (non-hydrogen) atoms. The summed E-state index contributed by atoms with van der Waals surface area (Å²) >= 11 is 0. The molecule has 0 saturated carbocycles. The van der Waals surface area contributed by atoms with Crippen LogP contribution in [0.3, 0.4) is 0 Å². The van der Waals surface area contributed by atoms with Gasteiger partial charge in [0, 0.05) is 13.0 Å². The minimum atomic E-state index is -0.484. The second kappa shape index (κ2) is 10.1. The van der Waals surface area contributed by atoms with Gasteiger partial charge in [0.15, 0.2) is 6.23 Å². The van der Waals surface area contributed by atoms with Crippen molar-refractivity contribution < 1.29 is 14.3 Å². The van der Waals surface area contributed by atoms with E-state index in [0.29, 0.717) is 0 Å². The van der Waals surface area contributed by atoms with Gasteiger partial charge in [-0.15, -0.1) is 12.4 Å². The fourth-order valence-electron chi connectivity index (χ4n) is 1.29. The van der Waals surface area contributed by atoms with Gasteiger partial charge >= 0.3 is 5.97 Å². The van der Waals surface area contributed by atoms with Crippen LogP contribution in [0.25, 0.3) is 0 Å². The summed E-state index contributed by atoms with van der Waals surface area (Å²) in [6.07, 6.45) is 0.675. The summed E-state index contributed by atoms with van der Waals surface area (Å²) in [7, 11) is 0. The molecule has 5 nitrogen and oxygen atoms in total. The van der Waals surface area contributed by atoms with Crippen LogP contribution >= 0.6 is 12.4 Å². The minimum Gasteiger partial charge on any atom is -0.441 e. The topological polar surface area (TPSA) is 58.6 Å². The number of carbonyl (C=O) groups excluding carboxylic acids is 2. The first-order valence-electron chi connectivity index (χ1n) is 5.36. The molecule has 0 aromatic carbocycles. The van der Waals surface area contributed by atoms with Crippen LogP contribution in [0, 0.1) is 0 Å². The summed E-state index contributed by atoms with van der Waals surface area (Å²) in [5.74, 6) is -0.630. The summed E-state index contributed by atoms with van der Waals surface area (Å²) in [4.78, 5) is 23.9. The highest BCUT2D eigenvalue weighted by molar-refractivity contribution is 5.85. The lowest BCUT2D eigenvalue weighted by atomic mass is 10.4. The van der Waals surface area contributed by atoms with Gasteiger partial charge in [-0.1, -0.05) is 20.4 Å². The van der Waals surface area contributed by atoms with E-state index < -0.39 is 12.2 Å². The summed E-state index contributed by atoms with van der Waals surface area (Å²) in [5.41, 5.74) is 0. The highest BCUT2D eigenvalue weighted by Crippen LogP contribution is 2.01. The highest BCUT2D eigenvalue weighted by Gasteiger charge is 2.19. The summed E-state index contributed by atoms with van der Waals surface area (Å²) in [6, 6.07) is 0. The molecule has 0 saturated heterocycles. The van der Waals surface area contributed by atoms with Gasteiger partial charge in [-0.2, -0.15) is 0 Å². The van der Waals surface area contributed by atoms with Gasteiger partial charge in [-0.3, -0.25) is 9.69 Å². The fraction of sp³-hybridized carbons (Fsp3) is 0.636. The number of hydrogen-bond donors (Lipinski definition) is 1. The number of likely N-dealkylation sites (N-methyl/N-ethyl adjacent to an activating group) is 1. The Kier molecular flexibility index (Phi) is 10.9. The van der Waals surface area contributed by atoms with Gasteiger partial charge < -0.3 is 10.1 Å². The van der Waals surface area contributed by atoms with Crippen molar-refractivity contribution in [3.63, 3.8) is 0 Å². The minimum absolute atomic E-state index is 0. The molecule has 0 heterocycles. The molecule has 0 aromatic heterocycles. The Morgan fingerprint density at radius 2 is 1.94 bits per heavy atom. The zero-order chi connectivity index (χ0) is 12.6. The first kappa shape index (κ1) is 18.3. The van der Waals surface area contributed by atoms with Crippen molar-refractivity contribution in [2.45, 2.75) is 27.0 Å². The third-order valence-electron chi connectivity index (χ3n) is 2.16. The molecule has 1 atom stereocenters. The number of amides is 1. The Labute approximate surface area is 109 Å². The summed E-state index contributed by atoms with van der Waals surface area (Å²) < 4.78 is 5.15. The number of halogens is 1. The number of esters is 1. The van der Waals surface area contributed by atoms with Gasteiger partial charge in [0.1, 0.15) is 0 Å². The molecule has 0 aliphatic rings. The lowest BCUT2D eigenvalue weighted by Crippen LogP contribution is -2.45. The number of nitrogens with zero attached hydrogens (tertiary/aromatic N) is 1. The van der Waals surface area contributed by atoms with Crippen molar-refractivity contribution in [2.75, 3.05) is 19.6 Å². The first-order valence-corrected chi connectivity index (χ1v) is 5.36. The molecule has 0 rings (SSSR count). The predicted octanol–water partition coefficient (Wildman–Crippen LogP) is 0.941. The molecule has 0 spiro atoms. The summed E-state index contributed by atoms with van der Waals surface area (Å²) in [5, 5.41) is 2.63. The molecule has 1 amide bonds. The lowest BCUT2D eigenvalue weighted by Gasteiger charge is -2.28. The third kappa shape index (κ3) is 7.76. The molecular weight excluding hydrogens is 244 g/mol. The zero-order valence-corrected chi connectivity index (χ0v) is 11.4. The van der Waals surface area contributed by atoms with Crippen molar-refractivity contribution in [3.05, 3.63) is 12.7 Å². The van der Waals surface area contributed by atoms with Crippen LogP contribution in [-0.2, 0) is 14.3 Å². The van der Waals surface area contributed by atoms with E-state index in [1.54, 1.807) is 0 Å². The number of ether oxygens (including phenoxy) is 1. The van der Waals surface area contributed by atoms with Crippen LogP contribution in [0.4, 0.5) is 0 Å². The van der Waals surface area contributed by atoms with E-state index in [-0.39, 0.29) is 24.9 Å². The maximum Gasteiger partial charge on any atom is 0.331 e. The zero-order valence-electron chi connectivity index (χ0n) is 10.6. The van der Waals surface area contributed by atoms with Gasteiger partial charge in [0.25, 0.3) is 0 Å². The van der Waals surface area contributed by atoms with Crippen molar-refractivity contribution in [1.29, 1.82) is 0 Å². The Bertz CT molecular complexity index is 255. The molecule has 0 aliphatic carbocycles. The molecule has 6 heteroatoms. The second-order valence-electron chi connectivity index (χ2n) is 3.25. The lowest BCUT2D eigenvalue weighted by molar-refractivity contribution is -0.153. The van der Waals surface area contributed by atoms with Gasteiger partial charge in [0.2, 0.25) is 5.91 Å². The molecule has 0 aromatic rings. The Morgan fingerprint density at radius 1 is 1.41 bits per heavy atom. The van der Waals surface area contributed by atoms with E-state index >= 15 is 0 Å². The Hall–Kier alpha value is -1.07.